The van der Waals surface area contributed by atoms with E-state index in [0.717, 1.165) is 12.1 Å². The Labute approximate surface area is 157 Å². The van der Waals surface area contributed by atoms with Gasteiger partial charge in [-0.25, -0.2) is 0 Å². The highest BCUT2D eigenvalue weighted by atomic mass is 35.5. The lowest BCUT2D eigenvalue weighted by molar-refractivity contribution is -0.134. The molecule has 1 N–H and O–H groups in total. The monoisotopic (exact) mass is 385 g/mol. The van der Waals surface area contributed by atoms with E-state index in [2.05, 4.69) is 5.32 Å². The van der Waals surface area contributed by atoms with Gasteiger partial charge in [-0.3, -0.25) is 9.59 Å². The van der Waals surface area contributed by atoms with Crippen molar-refractivity contribution in [3.05, 3.63) is 64.7 Å². The molecule has 2 aromatic rings. The summed E-state index contributed by atoms with van der Waals surface area (Å²) in [6.45, 7) is 0. The van der Waals surface area contributed by atoms with Gasteiger partial charge in [0, 0.05) is 21.8 Å². The molecule has 1 aliphatic heterocycles. The molecule has 2 aromatic carbocycles. The van der Waals surface area contributed by atoms with Crippen LogP contribution in [0.25, 0.3) is 0 Å². The van der Waals surface area contributed by atoms with E-state index in [1.165, 1.54) is 48.5 Å². The van der Waals surface area contributed by atoms with Crippen LogP contribution in [0.4, 0.5) is 14.5 Å². The first kappa shape index (κ1) is 18.5. The summed E-state index contributed by atoms with van der Waals surface area (Å²) in [4.78, 5) is 25.4. The summed E-state index contributed by atoms with van der Waals surface area (Å²) in [7, 11) is 0. The molecule has 0 saturated carbocycles. The minimum atomic E-state index is -4.37. The van der Waals surface area contributed by atoms with E-state index >= 15 is 8.78 Å². The first-order chi connectivity index (χ1) is 12.8. The fraction of sp³-hybridized carbons (Fsp3) is 0.158. The molecule has 1 aliphatic rings. The fourth-order valence-corrected chi connectivity index (χ4v) is 3.37. The quantitative estimate of drug-likeness (QED) is 0.812. The zero-order chi connectivity index (χ0) is 19.8. The number of benzene rings is 2. The van der Waals surface area contributed by atoms with Gasteiger partial charge in [0.1, 0.15) is 0 Å². The summed E-state index contributed by atoms with van der Waals surface area (Å²) < 4.78 is 31.1. The van der Waals surface area contributed by atoms with Gasteiger partial charge < -0.3 is 5.32 Å². The Morgan fingerprint density at radius 3 is 2.30 bits per heavy atom. The normalized spacial score (nSPS) is 18.4. The topological polar surface area (TPSA) is 93.8 Å². The third-order valence-corrected chi connectivity index (χ3v) is 4.79. The number of fused-ring (bicyclic) bond motifs is 1. The van der Waals surface area contributed by atoms with Gasteiger partial charge in [-0.2, -0.15) is 19.3 Å². The molecule has 0 spiro atoms. The fourth-order valence-electron chi connectivity index (χ4n) is 3.24. The maximum atomic E-state index is 15.6. The van der Waals surface area contributed by atoms with Crippen LogP contribution in [0, 0.1) is 28.6 Å². The number of alkyl halides is 2. The molecule has 27 heavy (non-hydrogen) atoms. The first-order valence-corrected chi connectivity index (χ1v) is 8.07. The molecule has 0 saturated heterocycles. The lowest BCUT2D eigenvalue weighted by atomic mass is 9.65. The Morgan fingerprint density at radius 2 is 1.70 bits per heavy atom. The Morgan fingerprint density at radius 1 is 1.11 bits per heavy atom. The van der Waals surface area contributed by atoms with E-state index in [4.69, 9.17) is 11.6 Å². The van der Waals surface area contributed by atoms with Crippen LogP contribution in [-0.4, -0.2) is 17.6 Å². The van der Waals surface area contributed by atoms with Crippen molar-refractivity contribution < 1.29 is 18.4 Å². The molecule has 1 unspecified atom stereocenters. The smallest absolute Gasteiger partial charge is 0.325 e. The van der Waals surface area contributed by atoms with Crippen molar-refractivity contribution in [1.82, 2.24) is 0 Å². The number of rotatable bonds is 4. The molecule has 0 fully saturated rings. The van der Waals surface area contributed by atoms with E-state index in [9.17, 15) is 20.1 Å². The molecule has 0 bridgehead atoms. The summed E-state index contributed by atoms with van der Waals surface area (Å²) in [6.07, 6.45) is 0. The molecule has 0 aromatic heterocycles. The molecule has 8 heteroatoms. The number of para-hydroxylation sites is 1. The first-order valence-electron chi connectivity index (χ1n) is 7.69. The lowest BCUT2D eigenvalue weighted by Crippen LogP contribution is -2.58. The number of halogens is 3. The number of nitrogens with one attached hydrogen (secondary N) is 1. The van der Waals surface area contributed by atoms with E-state index in [1.807, 2.05) is 0 Å². The van der Waals surface area contributed by atoms with Crippen LogP contribution in [0.3, 0.4) is 0 Å². The number of nitriles is 2. The van der Waals surface area contributed by atoms with Crippen LogP contribution in [0.15, 0.2) is 48.5 Å². The second-order valence-corrected chi connectivity index (χ2v) is 6.35. The van der Waals surface area contributed by atoms with E-state index in [0.29, 0.717) is 0 Å². The third kappa shape index (κ3) is 2.48. The summed E-state index contributed by atoms with van der Waals surface area (Å²) in [5.74, 6) is -9.41. The molecule has 134 valence electrons. The molecular weight excluding hydrogens is 376 g/mol. The number of nitrogens with zero attached hydrogens (tertiary/aromatic N) is 2. The van der Waals surface area contributed by atoms with Crippen molar-refractivity contribution in [1.29, 1.82) is 10.5 Å². The molecule has 1 heterocycles. The summed E-state index contributed by atoms with van der Waals surface area (Å²) in [6, 6.07) is 13.1. The summed E-state index contributed by atoms with van der Waals surface area (Å²) in [5, 5.41) is 21.2. The van der Waals surface area contributed by atoms with Gasteiger partial charge >= 0.3 is 5.92 Å². The second kappa shape index (κ2) is 6.46. The molecule has 1 atom stereocenters. The van der Waals surface area contributed by atoms with Crippen LogP contribution in [-0.2, 0) is 10.2 Å². The maximum absolute atomic E-state index is 15.6. The van der Waals surface area contributed by atoms with Gasteiger partial charge in [-0.1, -0.05) is 29.8 Å². The summed E-state index contributed by atoms with van der Waals surface area (Å²) in [5.41, 5.74) is -3.60. The number of amides is 1. The van der Waals surface area contributed by atoms with Crippen molar-refractivity contribution in [3.63, 3.8) is 0 Å². The molecular formula is C19H10ClF2N3O2. The Kier molecular flexibility index (Phi) is 4.43. The van der Waals surface area contributed by atoms with Crippen LogP contribution in [0.5, 0.6) is 0 Å². The van der Waals surface area contributed by atoms with Gasteiger partial charge in [0.2, 0.25) is 11.7 Å². The van der Waals surface area contributed by atoms with E-state index in [-0.39, 0.29) is 16.3 Å². The number of carbonyl (C=O) groups is 2. The number of ketones is 1. The lowest BCUT2D eigenvalue weighted by Gasteiger charge is -2.35. The number of hydrogen-bond acceptors (Lipinski definition) is 4. The maximum Gasteiger partial charge on any atom is 0.330 e. The largest absolute Gasteiger partial charge is 0.330 e. The zero-order valence-electron chi connectivity index (χ0n) is 13.5. The standard InChI is InChI=1S/C19H10ClF2N3O2/c20-13-7-5-11(6-8-13)16(26)19(21,22)18(12(9-23)10-24)14-3-1-2-4-15(14)25-17(18)27/h1-8,12H,(H,25,27). The highest BCUT2D eigenvalue weighted by Gasteiger charge is 2.71. The third-order valence-electron chi connectivity index (χ3n) is 4.54. The van der Waals surface area contributed by atoms with Crippen molar-refractivity contribution in [2.24, 2.45) is 5.92 Å². The predicted octanol–water partition coefficient (Wildman–Crippen LogP) is 3.71. The number of hydrogen-bond donors (Lipinski definition) is 1. The molecule has 5 nitrogen and oxygen atoms in total. The number of Topliss-reactive ketones (excluding diaryl/α,β-unsaturated/α-hetero) is 1. The Bertz CT molecular complexity index is 1010. The second-order valence-electron chi connectivity index (χ2n) is 5.91. The van der Waals surface area contributed by atoms with Gasteiger partial charge in [-0.15, -0.1) is 0 Å². The van der Waals surface area contributed by atoms with Crippen molar-refractivity contribution in [2.45, 2.75) is 11.3 Å². The van der Waals surface area contributed by atoms with Crippen LogP contribution >= 0.6 is 11.6 Å². The average molecular weight is 386 g/mol. The summed E-state index contributed by atoms with van der Waals surface area (Å²) >= 11 is 5.72. The molecule has 0 aliphatic carbocycles. The van der Waals surface area contributed by atoms with Gasteiger partial charge in [0.05, 0.1) is 12.1 Å². The number of anilines is 1. The minimum Gasteiger partial charge on any atom is -0.325 e. The van der Waals surface area contributed by atoms with Crippen LogP contribution in [0.2, 0.25) is 5.02 Å². The van der Waals surface area contributed by atoms with E-state index < -0.39 is 34.5 Å². The molecule has 0 radical (unpaired) electrons. The molecule has 3 rings (SSSR count). The van der Waals surface area contributed by atoms with Crippen molar-refractivity contribution >= 4 is 29.0 Å². The number of carbonyl (C=O) groups excluding carboxylic acids is 2. The van der Waals surface area contributed by atoms with Gasteiger partial charge in [0.15, 0.2) is 11.3 Å². The Balaban J connectivity index is 2.28. The van der Waals surface area contributed by atoms with Crippen molar-refractivity contribution in [3.8, 4) is 12.1 Å². The highest BCUT2D eigenvalue weighted by Crippen LogP contribution is 2.53. The Hall–Kier alpha value is -3.29. The SMILES string of the molecule is N#CC(C#N)C1(C(F)(F)C(=O)c2ccc(Cl)cc2)C(=O)Nc2ccccc21. The highest BCUT2D eigenvalue weighted by molar-refractivity contribution is 6.30. The van der Waals surface area contributed by atoms with Gasteiger partial charge in [0.25, 0.3) is 0 Å². The molecule has 1 amide bonds. The average Bonchev–Trinajstić information content (AvgIpc) is 2.96. The van der Waals surface area contributed by atoms with Gasteiger partial charge in [-0.05, 0) is 30.3 Å². The zero-order valence-corrected chi connectivity index (χ0v) is 14.3. The van der Waals surface area contributed by atoms with Crippen molar-refractivity contribution in [2.75, 3.05) is 5.32 Å². The minimum absolute atomic E-state index is 0.0292. The van der Waals surface area contributed by atoms with E-state index in [1.54, 1.807) is 0 Å². The predicted molar refractivity (Wildman–Crippen MR) is 92.2 cm³/mol. The van der Waals surface area contributed by atoms with Crippen LogP contribution < -0.4 is 5.32 Å². The van der Waals surface area contributed by atoms with Crippen LogP contribution in [0.1, 0.15) is 15.9 Å².